The molecule has 0 aromatic heterocycles. The van der Waals surface area contributed by atoms with E-state index < -0.39 is 10.0 Å². The number of sulfonamides is 1. The first-order valence-electron chi connectivity index (χ1n) is 9.85. The van der Waals surface area contributed by atoms with E-state index in [9.17, 15) is 13.2 Å². The van der Waals surface area contributed by atoms with Crippen molar-refractivity contribution in [1.29, 1.82) is 0 Å². The Hall–Kier alpha value is -1.15. The van der Waals surface area contributed by atoms with Gasteiger partial charge in [-0.3, -0.25) is 4.79 Å². The highest BCUT2D eigenvalue weighted by atomic mass is 35.5. The topological polar surface area (TPSA) is 69.7 Å². The lowest BCUT2D eigenvalue weighted by Crippen LogP contribution is -2.35. The summed E-state index contributed by atoms with van der Waals surface area (Å²) in [5.41, 5.74) is 0.176. The van der Waals surface area contributed by atoms with Gasteiger partial charge in [-0.05, 0) is 71.4 Å². The van der Waals surface area contributed by atoms with Crippen molar-refractivity contribution in [2.45, 2.75) is 64.4 Å². The normalized spacial score (nSPS) is 13.4. The molecule has 8 heteroatoms. The van der Waals surface area contributed by atoms with Crippen molar-refractivity contribution in [3.63, 3.8) is 0 Å². The highest BCUT2D eigenvalue weighted by molar-refractivity contribution is 7.89. The summed E-state index contributed by atoms with van der Waals surface area (Å²) < 4.78 is 26.7. The van der Waals surface area contributed by atoms with E-state index in [0.29, 0.717) is 0 Å². The quantitative estimate of drug-likeness (QED) is 0.581. The number of hydrogen-bond donors (Lipinski definition) is 1. The van der Waals surface area contributed by atoms with Gasteiger partial charge < -0.3 is 10.2 Å². The van der Waals surface area contributed by atoms with E-state index in [0.717, 1.165) is 32.5 Å². The maximum absolute atomic E-state index is 12.7. The summed E-state index contributed by atoms with van der Waals surface area (Å²) >= 11 is 6.17. The molecular weight excluding hydrogens is 398 g/mol. The minimum absolute atomic E-state index is 0.0299. The van der Waals surface area contributed by atoms with E-state index in [1.807, 2.05) is 6.92 Å². The van der Waals surface area contributed by atoms with Crippen LogP contribution >= 0.6 is 11.6 Å². The molecule has 6 nitrogen and oxygen atoms in total. The largest absolute Gasteiger partial charge is 0.350 e. The molecule has 0 aliphatic carbocycles. The molecular formula is C20H34ClN3O3S. The summed E-state index contributed by atoms with van der Waals surface area (Å²) in [6.07, 6.45) is 1.82. The number of rotatable bonds is 11. The summed E-state index contributed by atoms with van der Waals surface area (Å²) in [4.78, 5) is 15.1. The van der Waals surface area contributed by atoms with E-state index >= 15 is 0 Å². The molecule has 0 spiro atoms. The number of carbonyl (C=O) groups excluding carboxylic acids is 1. The van der Waals surface area contributed by atoms with Gasteiger partial charge in [0.15, 0.2) is 0 Å². The molecule has 0 radical (unpaired) electrons. The standard InChI is InChI=1S/C20H34ClN3O3S/c1-7-24(8-2)13-9-10-16(5)22-20(25)18-14-17(11-12-19(18)21)28(26,27)23(6)15(3)4/h11-12,14-16H,7-10,13H2,1-6H3,(H,22,25)/t16-/m1/s1. The third-order valence-electron chi connectivity index (χ3n) is 4.97. The van der Waals surface area contributed by atoms with Crippen LogP contribution in [0.5, 0.6) is 0 Å². The molecule has 160 valence electrons. The Morgan fingerprint density at radius 1 is 1.18 bits per heavy atom. The number of nitrogens with zero attached hydrogens (tertiary/aromatic N) is 2. The molecule has 0 aliphatic heterocycles. The zero-order chi connectivity index (χ0) is 21.5. The lowest BCUT2D eigenvalue weighted by molar-refractivity contribution is 0.0937. The molecule has 1 aromatic carbocycles. The molecule has 1 amide bonds. The van der Waals surface area contributed by atoms with Gasteiger partial charge in [-0.25, -0.2) is 8.42 Å². The Bertz CT molecular complexity index is 749. The molecule has 0 fully saturated rings. The fourth-order valence-electron chi connectivity index (χ4n) is 2.82. The molecule has 0 heterocycles. The second kappa shape index (κ2) is 11.1. The molecule has 0 aliphatic rings. The van der Waals surface area contributed by atoms with Crippen molar-refractivity contribution >= 4 is 27.5 Å². The molecule has 0 saturated carbocycles. The van der Waals surface area contributed by atoms with Gasteiger partial charge in [0.1, 0.15) is 0 Å². The van der Waals surface area contributed by atoms with Crippen LogP contribution in [0.1, 0.15) is 57.8 Å². The van der Waals surface area contributed by atoms with Crippen molar-refractivity contribution < 1.29 is 13.2 Å². The van der Waals surface area contributed by atoms with Crippen LogP contribution in [0, 0.1) is 0 Å². The van der Waals surface area contributed by atoms with Crippen molar-refractivity contribution in [3.8, 4) is 0 Å². The number of amides is 1. The van der Waals surface area contributed by atoms with Crippen LogP contribution in [0.15, 0.2) is 23.1 Å². The minimum Gasteiger partial charge on any atom is -0.350 e. The molecule has 1 rings (SSSR count). The second-order valence-corrected chi connectivity index (χ2v) is 9.70. The summed E-state index contributed by atoms with van der Waals surface area (Å²) in [6.45, 7) is 12.8. The van der Waals surface area contributed by atoms with Crippen molar-refractivity contribution in [2.24, 2.45) is 0 Å². The van der Waals surface area contributed by atoms with E-state index in [2.05, 4.69) is 24.1 Å². The maximum Gasteiger partial charge on any atom is 0.253 e. The van der Waals surface area contributed by atoms with Crippen LogP contribution in [-0.2, 0) is 10.0 Å². The molecule has 1 atom stereocenters. The number of benzene rings is 1. The van der Waals surface area contributed by atoms with Crippen LogP contribution in [0.4, 0.5) is 0 Å². The number of hydrogen-bond acceptors (Lipinski definition) is 4. The molecule has 1 N–H and O–H groups in total. The van der Waals surface area contributed by atoms with Gasteiger partial charge >= 0.3 is 0 Å². The number of carbonyl (C=O) groups is 1. The van der Waals surface area contributed by atoms with Gasteiger partial charge in [0.2, 0.25) is 10.0 Å². The van der Waals surface area contributed by atoms with Crippen molar-refractivity contribution in [2.75, 3.05) is 26.7 Å². The first-order chi connectivity index (χ1) is 13.0. The van der Waals surface area contributed by atoms with E-state index in [-0.39, 0.29) is 33.5 Å². The van der Waals surface area contributed by atoms with Gasteiger partial charge in [-0.15, -0.1) is 0 Å². The maximum atomic E-state index is 12.7. The van der Waals surface area contributed by atoms with E-state index in [1.54, 1.807) is 13.8 Å². The number of nitrogens with one attached hydrogen (secondary N) is 1. The zero-order valence-electron chi connectivity index (χ0n) is 17.8. The van der Waals surface area contributed by atoms with Gasteiger partial charge in [0.05, 0.1) is 15.5 Å². The average molecular weight is 432 g/mol. The van der Waals surface area contributed by atoms with Crippen LogP contribution in [-0.4, -0.2) is 62.3 Å². The van der Waals surface area contributed by atoms with E-state index in [1.165, 1.54) is 29.6 Å². The lowest BCUT2D eigenvalue weighted by Gasteiger charge is -2.22. The third kappa shape index (κ3) is 6.72. The Morgan fingerprint density at radius 2 is 1.79 bits per heavy atom. The molecule has 28 heavy (non-hydrogen) atoms. The number of halogens is 1. The lowest BCUT2D eigenvalue weighted by atomic mass is 10.1. The van der Waals surface area contributed by atoms with Crippen LogP contribution < -0.4 is 5.32 Å². The van der Waals surface area contributed by atoms with Crippen molar-refractivity contribution in [1.82, 2.24) is 14.5 Å². The molecule has 0 bridgehead atoms. The third-order valence-corrected chi connectivity index (χ3v) is 7.33. The fourth-order valence-corrected chi connectivity index (χ4v) is 4.42. The summed E-state index contributed by atoms with van der Waals surface area (Å²) in [5, 5.41) is 3.16. The summed E-state index contributed by atoms with van der Waals surface area (Å²) in [5.74, 6) is -0.357. The summed E-state index contributed by atoms with van der Waals surface area (Å²) in [6, 6.07) is 4.03. The highest BCUT2D eigenvalue weighted by Crippen LogP contribution is 2.23. The van der Waals surface area contributed by atoms with Crippen LogP contribution in [0.2, 0.25) is 5.02 Å². The Balaban J connectivity index is 2.86. The predicted octanol–water partition coefficient (Wildman–Crippen LogP) is 3.61. The molecule has 0 unspecified atom stereocenters. The smallest absolute Gasteiger partial charge is 0.253 e. The van der Waals surface area contributed by atoms with Gasteiger partial charge in [-0.1, -0.05) is 25.4 Å². The fraction of sp³-hybridized carbons (Fsp3) is 0.650. The Labute approximate surface area is 175 Å². The minimum atomic E-state index is -3.68. The van der Waals surface area contributed by atoms with Crippen LogP contribution in [0.3, 0.4) is 0 Å². The van der Waals surface area contributed by atoms with Gasteiger partial charge in [-0.2, -0.15) is 4.31 Å². The highest BCUT2D eigenvalue weighted by Gasteiger charge is 2.25. The Morgan fingerprint density at radius 3 is 2.32 bits per heavy atom. The van der Waals surface area contributed by atoms with Crippen LogP contribution in [0.25, 0.3) is 0 Å². The first-order valence-corrected chi connectivity index (χ1v) is 11.7. The Kier molecular flexibility index (Phi) is 9.90. The zero-order valence-corrected chi connectivity index (χ0v) is 19.4. The second-order valence-electron chi connectivity index (χ2n) is 7.30. The first kappa shape index (κ1) is 24.9. The predicted molar refractivity (Wildman–Crippen MR) is 115 cm³/mol. The molecule has 1 aromatic rings. The van der Waals surface area contributed by atoms with Crippen molar-refractivity contribution in [3.05, 3.63) is 28.8 Å². The summed E-state index contributed by atoms with van der Waals surface area (Å²) in [7, 11) is -2.16. The SMILES string of the molecule is CCN(CC)CCC[C@@H](C)NC(=O)c1cc(S(=O)(=O)N(C)C(C)C)ccc1Cl. The van der Waals surface area contributed by atoms with Gasteiger partial charge in [0, 0.05) is 19.1 Å². The van der Waals surface area contributed by atoms with Gasteiger partial charge in [0.25, 0.3) is 5.91 Å². The van der Waals surface area contributed by atoms with E-state index in [4.69, 9.17) is 11.6 Å². The average Bonchev–Trinajstić information content (AvgIpc) is 2.64. The molecule has 0 saturated heterocycles. The monoisotopic (exact) mass is 431 g/mol.